The predicted molar refractivity (Wildman–Crippen MR) is 104 cm³/mol. The van der Waals surface area contributed by atoms with Gasteiger partial charge in [-0.25, -0.2) is 0 Å². The number of hydrogen-bond donors (Lipinski definition) is 4. The van der Waals surface area contributed by atoms with Crippen molar-refractivity contribution in [3.05, 3.63) is 64.6 Å². The summed E-state index contributed by atoms with van der Waals surface area (Å²) < 4.78 is 1.25. The minimum atomic E-state index is -2.99. The summed E-state index contributed by atoms with van der Waals surface area (Å²) in [6, 6.07) is 8.67. The molecule has 28 heavy (non-hydrogen) atoms. The maximum absolute atomic E-state index is 11.1. The van der Waals surface area contributed by atoms with Crippen molar-refractivity contribution in [1.29, 1.82) is 0 Å². The van der Waals surface area contributed by atoms with Crippen molar-refractivity contribution in [2.75, 3.05) is 13.6 Å². The Bertz CT molecular complexity index is 1040. The third kappa shape index (κ3) is 2.75. The fraction of sp³-hybridized carbons (Fsp3) is 0.381. The van der Waals surface area contributed by atoms with Gasteiger partial charge < -0.3 is 25.3 Å². The van der Waals surface area contributed by atoms with Crippen LogP contribution in [0.25, 0.3) is 10.9 Å². The molecular weight excluding hydrogens is 358 g/mol. The largest absolute Gasteiger partial charge is 0.356 e. The summed E-state index contributed by atoms with van der Waals surface area (Å²) in [6.07, 6.45) is 1.80. The fourth-order valence-electron chi connectivity index (χ4n) is 3.99. The fourth-order valence-corrected chi connectivity index (χ4v) is 3.99. The number of nitrogens with zero attached hydrogens (tertiary/aromatic N) is 3. The smallest absolute Gasteiger partial charge is 0.312 e. The third-order valence-electron chi connectivity index (χ3n) is 5.59. The van der Waals surface area contributed by atoms with Crippen LogP contribution in [0.3, 0.4) is 0 Å². The number of rotatable bonds is 3. The number of likely N-dealkylation sites (N-methyl/N-ethyl adjacent to an activating group) is 1. The van der Waals surface area contributed by atoms with E-state index in [1.165, 1.54) is 16.8 Å². The van der Waals surface area contributed by atoms with Crippen LogP contribution >= 0.6 is 0 Å². The molecule has 0 spiro atoms. The highest BCUT2D eigenvalue weighted by molar-refractivity contribution is 5.86. The number of hydrogen-bond acceptors (Lipinski definition) is 6. The molecule has 0 unspecified atom stereocenters. The third-order valence-corrected chi connectivity index (χ3v) is 5.59. The van der Waals surface area contributed by atoms with Gasteiger partial charge in [0.1, 0.15) is 0 Å². The van der Waals surface area contributed by atoms with Crippen LogP contribution in [0.5, 0.6) is 0 Å². The minimum absolute atomic E-state index is 0.0984. The van der Waals surface area contributed by atoms with Crippen molar-refractivity contribution in [1.82, 2.24) is 14.5 Å². The van der Waals surface area contributed by atoms with Crippen molar-refractivity contribution in [2.24, 2.45) is 0 Å². The van der Waals surface area contributed by atoms with Crippen molar-refractivity contribution >= 4 is 10.9 Å². The number of benzene rings is 1. The number of fused-ring (bicyclic) bond motifs is 3. The summed E-state index contributed by atoms with van der Waals surface area (Å²) in [5.74, 6) is -5.94. The Hall–Kier alpha value is -2.29. The average Bonchev–Trinajstić information content (AvgIpc) is 2.95. The van der Waals surface area contributed by atoms with E-state index in [1.807, 2.05) is 26.1 Å². The highest BCUT2D eigenvalue weighted by Gasteiger charge is 2.53. The van der Waals surface area contributed by atoms with Gasteiger partial charge in [0.15, 0.2) is 0 Å². The van der Waals surface area contributed by atoms with Crippen LogP contribution in [-0.4, -0.2) is 48.5 Å². The summed E-state index contributed by atoms with van der Waals surface area (Å²) in [5, 5.41) is 44.7. The quantitative estimate of drug-likeness (QED) is 0.505. The molecule has 0 amide bonds. The molecule has 1 aliphatic heterocycles. The van der Waals surface area contributed by atoms with Crippen LogP contribution in [0.2, 0.25) is 0 Å². The van der Waals surface area contributed by atoms with Crippen molar-refractivity contribution in [2.45, 2.75) is 38.5 Å². The Morgan fingerprint density at radius 3 is 2.46 bits per heavy atom. The van der Waals surface area contributed by atoms with Crippen LogP contribution in [0.15, 0.2) is 36.5 Å². The lowest BCUT2D eigenvalue weighted by Crippen LogP contribution is -2.54. The second-order valence-electron chi connectivity index (χ2n) is 7.76. The van der Waals surface area contributed by atoms with Crippen LogP contribution in [0.4, 0.5) is 0 Å². The zero-order valence-electron chi connectivity index (χ0n) is 16.2. The lowest BCUT2D eigenvalue weighted by atomic mass is 10.0. The second-order valence-corrected chi connectivity index (χ2v) is 7.76. The molecule has 0 saturated carbocycles. The van der Waals surface area contributed by atoms with E-state index < -0.39 is 11.7 Å². The Labute approximate surface area is 163 Å². The summed E-state index contributed by atoms with van der Waals surface area (Å²) in [4.78, 5) is 6.21. The first-order valence-electron chi connectivity index (χ1n) is 9.27. The van der Waals surface area contributed by atoms with Crippen LogP contribution in [-0.2, 0) is 24.7 Å². The molecule has 0 radical (unpaired) electrons. The Balaban J connectivity index is 1.96. The molecule has 0 atom stereocenters. The molecule has 2 aromatic heterocycles. The molecule has 148 valence electrons. The van der Waals surface area contributed by atoms with E-state index in [4.69, 9.17) is 0 Å². The van der Waals surface area contributed by atoms with Gasteiger partial charge in [-0.2, -0.15) is 0 Å². The molecule has 1 aromatic carbocycles. The van der Waals surface area contributed by atoms with Gasteiger partial charge in [-0.05, 0) is 44.7 Å². The molecule has 3 aromatic rings. The summed E-state index contributed by atoms with van der Waals surface area (Å²) in [6.45, 7) is 5.11. The first kappa shape index (κ1) is 19.0. The van der Waals surface area contributed by atoms with Crippen LogP contribution in [0.1, 0.15) is 28.1 Å². The standard InChI is InChI=1S/C21H25N3O4/c1-13-4-7-18-16(10-13)17-12-23(3)9-8-19(17)24(18)21(27,28)20(25,26)15-6-5-14(2)22-11-15/h4-7,10-11,25-28H,8-9,12H2,1-3H3. The maximum Gasteiger partial charge on any atom is 0.312 e. The number of aryl methyl sites for hydroxylation is 2. The van der Waals surface area contributed by atoms with Gasteiger partial charge >= 0.3 is 5.91 Å². The molecule has 0 saturated heterocycles. The van der Waals surface area contributed by atoms with Crippen LogP contribution < -0.4 is 0 Å². The van der Waals surface area contributed by atoms with E-state index in [1.54, 1.807) is 19.1 Å². The van der Waals surface area contributed by atoms with Crippen molar-refractivity contribution in [3.8, 4) is 0 Å². The van der Waals surface area contributed by atoms with Gasteiger partial charge in [-0.1, -0.05) is 17.7 Å². The first-order chi connectivity index (χ1) is 13.1. The molecule has 4 rings (SSSR count). The number of pyridine rings is 1. The van der Waals surface area contributed by atoms with E-state index in [-0.39, 0.29) is 5.56 Å². The average molecular weight is 383 g/mol. The van der Waals surface area contributed by atoms with E-state index >= 15 is 0 Å². The van der Waals surface area contributed by atoms with E-state index in [2.05, 4.69) is 9.88 Å². The van der Waals surface area contributed by atoms with E-state index in [9.17, 15) is 20.4 Å². The molecular formula is C21H25N3O4. The Morgan fingerprint density at radius 2 is 1.79 bits per heavy atom. The highest BCUT2D eigenvalue weighted by Crippen LogP contribution is 2.40. The molecule has 0 aliphatic carbocycles. The normalized spacial score (nSPS) is 15.8. The molecule has 1 aliphatic rings. The molecule has 0 bridgehead atoms. The van der Waals surface area contributed by atoms with Crippen LogP contribution in [0, 0.1) is 13.8 Å². The second kappa shape index (κ2) is 6.37. The van der Waals surface area contributed by atoms with Crippen molar-refractivity contribution < 1.29 is 20.4 Å². The highest BCUT2D eigenvalue weighted by atomic mass is 16.6. The monoisotopic (exact) mass is 383 g/mol. The maximum atomic E-state index is 11.1. The summed E-state index contributed by atoms with van der Waals surface area (Å²) >= 11 is 0. The van der Waals surface area contributed by atoms with E-state index in [0.717, 1.165) is 23.1 Å². The number of aliphatic hydroxyl groups is 4. The zero-order chi connectivity index (χ0) is 20.3. The predicted octanol–water partition coefficient (Wildman–Crippen LogP) is 1.07. The first-order valence-corrected chi connectivity index (χ1v) is 9.27. The summed E-state index contributed by atoms with van der Waals surface area (Å²) in [5.41, 5.74) is 3.84. The summed E-state index contributed by atoms with van der Waals surface area (Å²) in [7, 11) is 2.01. The SMILES string of the molecule is Cc1ccc2c(c1)c1c(n2C(O)(O)C(O)(O)c2ccc(C)nc2)CCN(C)C1. The Morgan fingerprint density at radius 1 is 1.04 bits per heavy atom. The van der Waals surface area contributed by atoms with Crippen molar-refractivity contribution in [3.63, 3.8) is 0 Å². The minimum Gasteiger partial charge on any atom is -0.356 e. The zero-order valence-corrected chi connectivity index (χ0v) is 16.2. The molecule has 4 N–H and O–H groups in total. The lowest BCUT2D eigenvalue weighted by molar-refractivity contribution is -0.409. The molecule has 0 fully saturated rings. The Kier molecular flexibility index (Phi) is 4.33. The van der Waals surface area contributed by atoms with Gasteiger partial charge in [0.25, 0.3) is 5.79 Å². The lowest BCUT2D eigenvalue weighted by Gasteiger charge is -2.38. The molecule has 7 heteroatoms. The van der Waals surface area contributed by atoms with Gasteiger partial charge in [-0.3, -0.25) is 9.55 Å². The van der Waals surface area contributed by atoms with Gasteiger partial charge in [0.2, 0.25) is 0 Å². The molecule has 3 heterocycles. The van der Waals surface area contributed by atoms with Gasteiger partial charge in [-0.15, -0.1) is 0 Å². The molecule has 7 nitrogen and oxygen atoms in total. The van der Waals surface area contributed by atoms with Gasteiger partial charge in [0.05, 0.1) is 5.52 Å². The number of aromatic nitrogens is 2. The van der Waals surface area contributed by atoms with E-state index in [0.29, 0.717) is 29.9 Å². The topological polar surface area (TPSA) is 102 Å². The van der Waals surface area contributed by atoms with Gasteiger partial charge in [0, 0.05) is 48.0 Å².